The van der Waals surface area contributed by atoms with E-state index in [4.69, 9.17) is 21.1 Å². The second-order valence-electron chi connectivity index (χ2n) is 5.62. The number of rotatable bonds is 6. The molecule has 0 saturated heterocycles. The average Bonchev–Trinajstić information content (AvgIpc) is 2.56. The molecule has 0 bridgehead atoms. The Morgan fingerprint density at radius 1 is 1.21 bits per heavy atom. The van der Waals surface area contributed by atoms with E-state index in [0.717, 1.165) is 11.1 Å². The van der Waals surface area contributed by atoms with E-state index in [1.807, 2.05) is 45.0 Å². The molecule has 1 atom stereocenters. The third-order valence-electron chi connectivity index (χ3n) is 3.68. The molecule has 0 aliphatic carbocycles. The molecule has 0 heterocycles. The van der Waals surface area contributed by atoms with Crippen LogP contribution in [-0.4, -0.2) is 19.1 Å². The molecule has 0 unspecified atom stereocenters. The SMILES string of the molecule is CC[C@H](Oc1ccc(Cl)c(C)c1)C(=O)Nc1cc(C)ccc1OC. The van der Waals surface area contributed by atoms with Gasteiger partial charge >= 0.3 is 0 Å². The Balaban J connectivity index is 2.14. The van der Waals surface area contributed by atoms with Crippen LogP contribution in [0.1, 0.15) is 24.5 Å². The predicted octanol–water partition coefficient (Wildman–Crippen LogP) is 4.76. The van der Waals surface area contributed by atoms with Gasteiger partial charge in [0.1, 0.15) is 11.5 Å². The van der Waals surface area contributed by atoms with Gasteiger partial charge in [-0.1, -0.05) is 24.6 Å². The summed E-state index contributed by atoms with van der Waals surface area (Å²) in [4.78, 5) is 12.6. The van der Waals surface area contributed by atoms with Crippen molar-refractivity contribution in [1.29, 1.82) is 0 Å². The van der Waals surface area contributed by atoms with Gasteiger partial charge in [0.15, 0.2) is 6.10 Å². The second-order valence-corrected chi connectivity index (χ2v) is 6.03. The molecule has 2 aromatic carbocycles. The summed E-state index contributed by atoms with van der Waals surface area (Å²) in [5.41, 5.74) is 2.58. The largest absolute Gasteiger partial charge is 0.495 e. The van der Waals surface area contributed by atoms with Crippen molar-refractivity contribution in [2.45, 2.75) is 33.3 Å². The molecule has 1 amide bonds. The number of ether oxygens (including phenoxy) is 2. The molecular weight excluding hydrogens is 326 g/mol. The lowest BCUT2D eigenvalue weighted by molar-refractivity contribution is -0.122. The number of aryl methyl sites for hydroxylation is 2. The molecule has 2 aromatic rings. The topological polar surface area (TPSA) is 47.6 Å². The van der Waals surface area contributed by atoms with Crippen LogP contribution in [0.4, 0.5) is 5.69 Å². The molecule has 5 heteroatoms. The first-order chi connectivity index (χ1) is 11.4. The van der Waals surface area contributed by atoms with E-state index >= 15 is 0 Å². The van der Waals surface area contributed by atoms with E-state index in [2.05, 4.69) is 5.32 Å². The van der Waals surface area contributed by atoms with Crippen molar-refractivity contribution in [3.8, 4) is 11.5 Å². The number of halogens is 1. The highest BCUT2D eigenvalue weighted by atomic mass is 35.5. The maximum Gasteiger partial charge on any atom is 0.265 e. The van der Waals surface area contributed by atoms with Crippen LogP contribution in [0.15, 0.2) is 36.4 Å². The van der Waals surface area contributed by atoms with Crippen LogP contribution >= 0.6 is 11.6 Å². The van der Waals surface area contributed by atoms with E-state index in [0.29, 0.717) is 28.6 Å². The second kappa shape index (κ2) is 8.06. The zero-order valence-corrected chi connectivity index (χ0v) is 15.1. The van der Waals surface area contributed by atoms with Crippen molar-refractivity contribution >= 4 is 23.2 Å². The number of carbonyl (C=O) groups is 1. The van der Waals surface area contributed by atoms with Gasteiger partial charge in [-0.05, 0) is 61.7 Å². The number of anilines is 1. The monoisotopic (exact) mass is 347 g/mol. The summed E-state index contributed by atoms with van der Waals surface area (Å²) < 4.78 is 11.1. The van der Waals surface area contributed by atoms with Crippen molar-refractivity contribution in [3.63, 3.8) is 0 Å². The molecule has 0 aromatic heterocycles. The maximum atomic E-state index is 12.6. The molecule has 0 fully saturated rings. The fraction of sp³-hybridized carbons (Fsp3) is 0.316. The number of carbonyl (C=O) groups excluding carboxylic acids is 1. The van der Waals surface area contributed by atoms with Gasteiger partial charge < -0.3 is 14.8 Å². The van der Waals surface area contributed by atoms with E-state index in [-0.39, 0.29) is 5.91 Å². The number of hydrogen-bond donors (Lipinski definition) is 1. The molecular formula is C19H22ClNO3. The van der Waals surface area contributed by atoms with E-state index in [9.17, 15) is 4.79 Å². The number of methoxy groups -OCH3 is 1. The van der Waals surface area contributed by atoms with Gasteiger partial charge in [0.2, 0.25) is 0 Å². The number of amides is 1. The van der Waals surface area contributed by atoms with Crippen LogP contribution in [0, 0.1) is 13.8 Å². The third kappa shape index (κ3) is 4.42. The first-order valence-corrected chi connectivity index (χ1v) is 8.20. The van der Waals surface area contributed by atoms with Crippen LogP contribution in [-0.2, 0) is 4.79 Å². The minimum Gasteiger partial charge on any atom is -0.495 e. The summed E-state index contributed by atoms with van der Waals surface area (Å²) in [6, 6.07) is 11.0. The van der Waals surface area contributed by atoms with Crippen molar-refractivity contribution in [2.75, 3.05) is 12.4 Å². The molecule has 0 aliphatic rings. The highest BCUT2D eigenvalue weighted by Gasteiger charge is 2.20. The lowest BCUT2D eigenvalue weighted by Crippen LogP contribution is -2.32. The van der Waals surface area contributed by atoms with Gasteiger partial charge in [-0.2, -0.15) is 0 Å². The summed E-state index contributed by atoms with van der Waals surface area (Å²) in [6.07, 6.45) is -0.0578. The quantitative estimate of drug-likeness (QED) is 0.819. The normalized spacial score (nSPS) is 11.7. The van der Waals surface area contributed by atoms with Crippen LogP contribution in [0.2, 0.25) is 5.02 Å². The van der Waals surface area contributed by atoms with Gasteiger partial charge in [0.05, 0.1) is 12.8 Å². The Kier molecular flexibility index (Phi) is 6.10. The highest BCUT2D eigenvalue weighted by Crippen LogP contribution is 2.26. The summed E-state index contributed by atoms with van der Waals surface area (Å²) in [5, 5.41) is 3.56. The predicted molar refractivity (Wildman–Crippen MR) is 97.3 cm³/mol. The summed E-state index contributed by atoms with van der Waals surface area (Å²) >= 11 is 6.02. The molecule has 0 saturated carbocycles. The van der Waals surface area contributed by atoms with Gasteiger partial charge in [0, 0.05) is 5.02 Å². The third-order valence-corrected chi connectivity index (χ3v) is 4.11. The minimum absolute atomic E-state index is 0.214. The van der Waals surface area contributed by atoms with Crippen LogP contribution in [0.5, 0.6) is 11.5 Å². The van der Waals surface area contributed by atoms with Gasteiger partial charge in [-0.25, -0.2) is 0 Å². The average molecular weight is 348 g/mol. The molecule has 0 spiro atoms. The van der Waals surface area contributed by atoms with Gasteiger partial charge in [-0.3, -0.25) is 4.79 Å². The fourth-order valence-electron chi connectivity index (χ4n) is 2.31. The zero-order chi connectivity index (χ0) is 17.7. The molecule has 128 valence electrons. The lowest BCUT2D eigenvalue weighted by atomic mass is 10.2. The number of hydrogen-bond acceptors (Lipinski definition) is 3. The van der Waals surface area contributed by atoms with Crippen molar-refractivity contribution < 1.29 is 14.3 Å². The number of benzene rings is 2. The summed E-state index contributed by atoms with van der Waals surface area (Å²) in [7, 11) is 1.57. The van der Waals surface area contributed by atoms with E-state index < -0.39 is 6.10 Å². The Morgan fingerprint density at radius 3 is 2.58 bits per heavy atom. The zero-order valence-electron chi connectivity index (χ0n) is 14.4. The van der Waals surface area contributed by atoms with Crippen LogP contribution in [0.3, 0.4) is 0 Å². The first-order valence-electron chi connectivity index (χ1n) is 7.83. The van der Waals surface area contributed by atoms with Gasteiger partial charge in [-0.15, -0.1) is 0 Å². The van der Waals surface area contributed by atoms with Crippen LogP contribution in [0.25, 0.3) is 0 Å². The highest BCUT2D eigenvalue weighted by molar-refractivity contribution is 6.31. The molecule has 2 rings (SSSR count). The maximum absolute atomic E-state index is 12.6. The molecule has 1 N–H and O–H groups in total. The molecule has 4 nitrogen and oxygen atoms in total. The molecule has 0 aliphatic heterocycles. The smallest absolute Gasteiger partial charge is 0.265 e. The van der Waals surface area contributed by atoms with Crippen LogP contribution < -0.4 is 14.8 Å². The Bertz CT molecular complexity index is 731. The summed E-state index contributed by atoms with van der Waals surface area (Å²) in [5.74, 6) is 1.02. The first kappa shape index (κ1) is 18.1. The Hall–Kier alpha value is -2.20. The van der Waals surface area contributed by atoms with Gasteiger partial charge in [0.25, 0.3) is 5.91 Å². The molecule has 0 radical (unpaired) electrons. The minimum atomic E-state index is -0.601. The Labute approximate surface area is 147 Å². The number of nitrogens with one attached hydrogen (secondary N) is 1. The lowest BCUT2D eigenvalue weighted by Gasteiger charge is -2.19. The van der Waals surface area contributed by atoms with E-state index in [1.54, 1.807) is 19.2 Å². The van der Waals surface area contributed by atoms with Crippen molar-refractivity contribution in [2.24, 2.45) is 0 Å². The molecule has 24 heavy (non-hydrogen) atoms. The van der Waals surface area contributed by atoms with E-state index in [1.165, 1.54) is 0 Å². The standard InChI is InChI=1S/C19H22ClNO3/c1-5-17(24-14-7-8-15(20)13(3)11-14)19(22)21-16-10-12(2)6-9-18(16)23-4/h6-11,17H,5H2,1-4H3,(H,21,22)/t17-/m0/s1. The van der Waals surface area contributed by atoms with Crippen molar-refractivity contribution in [3.05, 3.63) is 52.5 Å². The fourth-order valence-corrected chi connectivity index (χ4v) is 2.43. The van der Waals surface area contributed by atoms with Crippen molar-refractivity contribution in [1.82, 2.24) is 0 Å². The Morgan fingerprint density at radius 2 is 1.96 bits per heavy atom. The summed E-state index contributed by atoms with van der Waals surface area (Å²) in [6.45, 7) is 5.76.